The summed E-state index contributed by atoms with van der Waals surface area (Å²) in [4.78, 5) is 23.4. The van der Waals surface area contributed by atoms with Gasteiger partial charge < -0.3 is 19.4 Å². The number of hydrogen-bond acceptors (Lipinski definition) is 4. The largest absolute Gasteiger partial charge is 0.497 e. The van der Waals surface area contributed by atoms with Gasteiger partial charge in [0.2, 0.25) is 5.56 Å². The van der Waals surface area contributed by atoms with Gasteiger partial charge in [0.15, 0.2) is 0 Å². The van der Waals surface area contributed by atoms with Gasteiger partial charge in [0.1, 0.15) is 11.5 Å². The molecule has 1 heterocycles. The molecule has 0 unspecified atom stereocenters. The van der Waals surface area contributed by atoms with Gasteiger partial charge in [-0.1, -0.05) is 0 Å². The molecule has 0 fully saturated rings. The van der Waals surface area contributed by atoms with Gasteiger partial charge in [-0.25, -0.2) is 0 Å². The zero-order valence-corrected chi connectivity index (χ0v) is 13.5. The fraction of sp³-hybridized carbons (Fsp3) is 0.294. The lowest BCUT2D eigenvalue weighted by Crippen LogP contribution is -2.27. The van der Waals surface area contributed by atoms with Crippen LogP contribution >= 0.6 is 0 Å². The smallest absolute Gasteiger partial charge is 0.252 e. The fourth-order valence-electron chi connectivity index (χ4n) is 2.22. The number of nitrogens with zero attached hydrogens (tertiary/aromatic N) is 1. The number of rotatable bonds is 6. The van der Waals surface area contributed by atoms with E-state index >= 15 is 0 Å². The summed E-state index contributed by atoms with van der Waals surface area (Å²) in [6.07, 6.45) is 2.13. The van der Waals surface area contributed by atoms with Gasteiger partial charge in [0, 0.05) is 25.9 Å². The molecule has 0 bridgehead atoms. The topological polar surface area (TPSA) is 69.6 Å². The lowest BCUT2D eigenvalue weighted by Gasteiger charge is -2.11. The van der Waals surface area contributed by atoms with Gasteiger partial charge in [0.05, 0.1) is 19.8 Å². The summed E-state index contributed by atoms with van der Waals surface area (Å²) in [6, 6.07) is 8.44. The molecule has 2 aromatic rings. The number of ether oxygens (including phenoxy) is 2. The third-order valence-electron chi connectivity index (χ3n) is 3.52. The Bertz CT molecular complexity index is 752. The average Bonchev–Trinajstić information content (AvgIpc) is 2.57. The number of pyridine rings is 1. The van der Waals surface area contributed by atoms with Crippen LogP contribution in [-0.4, -0.2) is 31.2 Å². The van der Waals surface area contributed by atoms with Crippen molar-refractivity contribution in [3.8, 4) is 11.5 Å². The Labute approximate surface area is 134 Å². The Balaban J connectivity index is 2.00. The first-order chi connectivity index (χ1) is 11.0. The second-order valence-electron chi connectivity index (χ2n) is 5.05. The summed E-state index contributed by atoms with van der Waals surface area (Å²) in [6.45, 7) is 0.450. The van der Waals surface area contributed by atoms with E-state index in [-0.39, 0.29) is 11.5 Å². The Morgan fingerprint density at radius 1 is 1.17 bits per heavy atom. The van der Waals surface area contributed by atoms with E-state index < -0.39 is 0 Å². The number of carbonyl (C=O) groups is 1. The molecule has 0 atom stereocenters. The van der Waals surface area contributed by atoms with Gasteiger partial charge in [-0.15, -0.1) is 0 Å². The van der Waals surface area contributed by atoms with E-state index in [1.165, 1.54) is 22.9 Å². The van der Waals surface area contributed by atoms with E-state index in [4.69, 9.17) is 9.47 Å². The normalized spacial score (nSPS) is 10.2. The number of aryl methyl sites for hydroxylation is 1. The molecule has 122 valence electrons. The minimum absolute atomic E-state index is 0.150. The molecule has 2 rings (SSSR count). The summed E-state index contributed by atoms with van der Waals surface area (Å²) < 4.78 is 11.9. The number of benzene rings is 1. The maximum Gasteiger partial charge on any atom is 0.252 e. The summed E-state index contributed by atoms with van der Waals surface area (Å²) in [5.74, 6) is 1.27. The Morgan fingerprint density at radius 3 is 2.61 bits per heavy atom. The predicted molar refractivity (Wildman–Crippen MR) is 87.3 cm³/mol. The first kappa shape index (κ1) is 16.6. The monoisotopic (exact) mass is 316 g/mol. The molecule has 0 aliphatic rings. The summed E-state index contributed by atoms with van der Waals surface area (Å²) >= 11 is 0. The van der Waals surface area contributed by atoms with Crippen molar-refractivity contribution in [2.75, 3.05) is 20.8 Å². The third kappa shape index (κ3) is 4.12. The number of aromatic nitrogens is 1. The summed E-state index contributed by atoms with van der Waals surface area (Å²) in [7, 11) is 4.82. The van der Waals surface area contributed by atoms with Crippen LogP contribution in [0.1, 0.15) is 15.9 Å². The van der Waals surface area contributed by atoms with Gasteiger partial charge in [-0.2, -0.15) is 0 Å². The lowest BCUT2D eigenvalue weighted by atomic mass is 10.1. The van der Waals surface area contributed by atoms with Crippen molar-refractivity contribution in [1.82, 2.24) is 9.88 Å². The molecule has 1 aromatic heterocycles. The molecule has 6 heteroatoms. The lowest BCUT2D eigenvalue weighted by molar-refractivity contribution is 0.0953. The van der Waals surface area contributed by atoms with Crippen molar-refractivity contribution in [1.29, 1.82) is 0 Å². The zero-order chi connectivity index (χ0) is 16.8. The highest BCUT2D eigenvalue weighted by Crippen LogP contribution is 2.24. The van der Waals surface area contributed by atoms with Crippen LogP contribution in [0.5, 0.6) is 11.5 Å². The third-order valence-corrected chi connectivity index (χ3v) is 3.52. The van der Waals surface area contributed by atoms with Crippen LogP contribution < -0.4 is 20.3 Å². The van der Waals surface area contributed by atoms with Crippen molar-refractivity contribution in [2.45, 2.75) is 6.42 Å². The van der Waals surface area contributed by atoms with E-state index in [1.54, 1.807) is 21.3 Å². The summed E-state index contributed by atoms with van der Waals surface area (Å²) in [5, 5.41) is 2.83. The summed E-state index contributed by atoms with van der Waals surface area (Å²) in [5.41, 5.74) is 1.25. The highest BCUT2D eigenvalue weighted by molar-refractivity contribution is 5.93. The molecule has 0 spiro atoms. The van der Waals surface area contributed by atoms with E-state index in [0.29, 0.717) is 18.5 Å². The minimum Gasteiger partial charge on any atom is -0.497 e. The first-order valence-electron chi connectivity index (χ1n) is 7.21. The minimum atomic E-state index is -0.220. The Kier molecular flexibility index (Phi) is 5.41. The van der Waals surface area contributed by atoms with Crippen molar-refractivity contribution < 1.29 is 14.3 Å². The molecule has 6 nitrogen and oxygen atoms in total. The zero-order valence-electron chi connectivity index (χ0n) is 13.5. The number of carbonyl (C=O) groups excluding carboxylic acids is 1. The molecule has 0 aliphatic carbocycles. The van der Waals surface area contributed by atoms with Crippen LogP contribution in [0.4, 0.5) is 0 Å². The van der Waals surface area contributed by atoms with Gasteiger partial charge >= 0.3 is 0 Å². The van der Waals surface area contributed by atoms with Crippen LogP contribution in [0.25, 0.3) is 0 Å². The molecular weight excluding hydrogens is 296 g/mol. The van der Waals surface area contributed by atoms with E-state index in [9.17, 15) is 9.59 Å². The van der Waals surface area contributed by atoms with Gasteiger partial charge in [-0.05, 0) is 36.2 Å². The number of nitrogens with one attached hydrogen (secondary N) is 1. The fourth-order valence-corrected chi connectivity index (χ4v) is 2.22. The number of amides is 1. The van der Waals surface area contributed by atoms with Crippen molar-refractivity contribution >= 4 is 5.91 Å². The van der Waals surface area contributed by atoms with Crippen molar-refractivity contribution in [3.63, 3.8) is 0 Å². The maximum atomic E-state index is 12.1. The number of hydrogen-bond donors (Lipinski definition) is 1. The van der Waals surface area contributed by atoms with Crippen LogP contribution in [0.3, 0.4) is 0 Å². The van der Waals surface area contributed by atoms with Gasteiger partial charge in [0.25, 0.3) is 5.91 Å². The van der Waals surface area contributed by atoms with Crippen LogP contribution in [0.15, 0.2) is 41.3 Å². The Hall–Kier alpha value is -2.76. The predicted octanol–water partition coefficient (Wildman–Crippen LogP) is 1.37. The quantitative estimate of drug-likeness (QED) is 0.874. The highest BCUT2D eigenvalue weighted by Gasteiger charge is 2.08. The van der Waals surface area contributed by atoms with E-state index in [2.05, 4.69) is 5.32 Å². The first-order valence-corrected chi connectivity index (χ1v) is 7.21. The average molecular weight is 316 g/mol. The van der Waals surface area contributed by atoms with Crippen LogP contribution in [0.2, 0.25) is 0 Å². The maximum absolute atomic E-state index is 12.1. The standard InChI is InChI=1S/C17H20N2O4/c1-19-11-13(4-7-16(19)20)17(21)18-9-8-12-10-14(22-2)5-6-15(12)23-3/h4-7,10-11H,8-9H2,1-3H3,(H,18,21). The number of methoxy groups -OCH3 is 2. The molecular formula is C17H20N2O4. The molecule has 0 saturated heterocycles. The van der Waals surface area contributed by atoms with Crippen LogP contribution in [-0.2, 0) is 13.5 Å². The van der Waals surface area contributed by atoms with Gasteiger partial charge in [-0.3, -0.25) is 9.59 Å². The van der Waals surface area contributed by atoms with E-state index in [0.717, 1.165) is 17.1 Å². The van der Waals surface area contributed by atoms with Crippen molar-refractivity contribution in [2.24, 2.45) is 7.05 Å². The van der Waals surface area contributed by atoms with E-state index in [1.807, 2.05) is 18.2 Å². The van der Waals surface area contributed by atoms with Crippen molar-refractivity contribution in [3.05, 3.63) is 58.0 Å². The molecule has 1 aromatic carbocycles. The molecule has 1 amide bonds. The molecule has 0 saturated carbocycles. The molecule has 0 radical (unpaired) electrons. The molecule has 0 aliphatic heterocycles. The second-order valence-corrected chi connectivity index (χ2v) is 5.05. The highest BCUT2D eigenvalue weighted by atomic mass is 16.5. The second kappa shape index (κ2) is 7.49. The Morgan fingerprint density at radius 2 is 1.96 bits per heavy atom. The SMILES string of the molecule is COc1ccc(OC)c(CCNC(=O)c2ccc(=O)n(C)c2)c1. The van der Waals surface area contributed by atoms with Crippen LogP contribution in [0, 0.1) is 0 Å². The molecule has 1 N–H and O–H groups in total. The molecule has 23 heavy (non-hydrogen) atoms.